The largest absolute Gasteiger partial charge is 0.465 e. The lowest BCUT2D eigenvalue weighted by atomic mass is 9.85. The van der Waals surface area contributed by atoms with E-state index in [1.807, 2.05) is 18.2 Å². The maximum absolute atomic E-state index is 13.1. The topological polar surface area (TPSA) is 55.8 Å². The second kappa shape index (κ2) is 8.87. The summed E-state index contributed by atoms with van der Waals surface area (Å²) in [5.41, 5.74) is 0.618. The van der Waals surface area contributed by atoms with Crippen LogP contribution in [0, 0.1) is 17.8 Å². The van der Waals surface area contributed by atoms with Crippen molar-refractivity contribution < 1.29 is 19.1 Å². The van der Waals surface area contributed by atoms with Gasteiger partial charge in [0.2, 0.25) is 0 Å². The molecule has 0 aromatic heterocycles. The van der Waals surface area contributed by atoms with E-state index >= 15 is 0 Å². The number of esters is 1. The Kier molecular flexibility index (Phi) is 6.53. The number of rotatable bonds is 6. The van der Waals surface area contributed by atoms with Gasteiger partial charge in [0.25, 0.3) is 5.91 Å². The number of amides is 1. The van der Waals surface area contributed by atoms with Crippen LogP contribution in [0.1, 0.15) is 50.4 Å². The first kappa shape index (κ1) is 19.9. The summed E-state index contributed by atoms with van der Waals surface area (Å²) in [6.07, 6.45) is 3.18. The third-order valence-corrected chi connectivity index (χ3v) is 5.95. The van der Waals surface area contributed by atoms with Crippen LogP contribution < -0.4 is 0 Å². The highest BCUT2D eigenvalue weighted by Gasteiger charge is 2.43. The van der Waals surface area contributed by atoms with Crippen LogP contribution in [-0.4, -0.2) is 48.7 Å². The van der Waals surface area contributed by atoms with E-state index in [0.29, 0.717) is 36.0 Å². The van der Waals surface area contributed by atoms with Crippen LogP contribution in [0.25, 0.3) is 0 Å². The third-order valence-electron chi connectivity index (χ3n) is 5.95. The quantitative estimate of drug-likeness (QED) is 0.716. The lowest BCUT2D eigenvalue weighted by Gasteiger charge is -2.34. The molecule has 2 fully saturated rings. The molecule has 3 rings (SSSR count). The molecule has 0 radical (unpaired) electrons. The Balaban J connectivity index is 1.75. The Morgan fingerprint density at radius 3 is 2.52 bits per heavy atom. The summed E-state index contributed by atoms with van der Waals surface area (Å²) in [6.45, 7) is 7.28. The number of hydrogen-bond donors (Lipinski definition) is 0. The van der Waals surface area contributed by atoms with E-state index in [0.717, 1.165) is 25.9 Å². The number of carbonyl (C=O) groups excluding carboxylic acids is 2. The van der Waals surface area contributed by atoms with E-state index in [1.54, 1.807) is 24.0 Å². The Morgan fingerprint density at radius 1 is 1.15 bits per heavy atom. The van der Waals surface area contributed by atoms with Gasteiger partial charge in [-0.1, -0.05) is 32.0 Å². The molecule has 1 aliphatic carbocycles. The van der Waals surface area contributed by atoms with Crippen molar-refractivity contribution in [3.8, 4) is 0 Å². The molecular formula is C22H31NO4. The summed E-state index contributed by atoms with van der Waals surface area (Å²) in [7, 11) is 0. The van der Waals surface area contributed by atoms with E-state index in [2.05, 4.69) is 13.8 Å². The highest BCUT2D eigenvalue weighted by atomic mass is 16.5. The van der Waals surface area contributed by atoms with Crippen molar-refractivity contribution in [3.63, 3.8) is 0 Å². The molecule has 5 heteroatoms. The minimum Gasteiger partial charge on any atom is -0.465 e. The normalized spacial score (nSPS) is 27.3. The number of nitrogens with zero attached hydrogens (tertiary/aromatic N) is 1. The summed E-state index contributed by atoms with van der Waals surface area (Å²) >= 11 is 0. The van der Waals surface area contributed by atoms with E-state index < -0.39 is 0 Å². The molecule has 1 heterocycles. The monoisotopic (exact) mass is 373 g/mol. The lowest BCUT2D eigenvalue weighted by Crippen LogP contribution is -2.43. The van der Waals surface area contributed by atoms with Crippen molar-refractivity contribution in [2.75, 3.05) is 19.8 Å². The van der Waals surface area contributed by atoms with Gasteiger partial charge in [-0.05, 0) is 56.1 Å². The fraction of sp³-hybridized carbons (Fsp3) is 0.636. The molecule has 1 amide bonds. The van der Waals surface area contributed by atoms with Crippen LogP contribution in [0.5, 0.6) is 0 Å². The highest BCUT2D eigenvalue weighted by molar-refractivity contribution is 5.96. The zero-order valence-corrected chi connectivity index (χ0v) is 16.6. The first-order valence-corrected chi connectivity index (χ1v) is 10.1. The van der Waals surface area contributed by atoms with Gasteiger partial charge in [-0.15, -0.1) is 0 Å². The number of carbonyl (C=O) groups is 2. The van der Waals surface area contributed by atoms with E-state index in [4.69, 9.17) is 9.47 Å². The second-order valence-electron chi connectivity index (χ2n) is 8.10. The maximum atomic E-state index is 13.1. The summed E-state index contributed by atoms with van der Waals surface area (Å²) in [4.78, 5) is 27.0. The average molecular weight is 373 g/mol. The SMILES string of the molecule is CCOC(=O)CN(C(=O)c1ccccc1)[C@@H]1C[C@@H]2CO[C@H](C(C)C)C[C@@H]2C1. The van der Waals surface area contributed by atoms with Crippen molar-refractivity contribution in [1.29, 1.82) is 0 Å². The van der Waals surface area contributed by atoms with Crippen LogP contribution in [0.3, 0.4) is 0 Å². The van der Waals surface area contributed by atoms with Crippen molar-refractivity contribution in [2.45, 2.75) is 52.2 Å². The fourth-order valence-electron chi connectivity index (χ4n) is 4.46. The van der Waals surface area contributed by atoms with E-state index in [-0.39, 0.29) is 24.5 Å². The highest BCUT2D eigenvalue weighted by Crippen LogP contribution is 2.42. The van der Waals surface area contributed by atoms with Gasteiger partial charge < -0.3 is 14.4 Å². The molecule has 0 N–H and O–H groups in total. The zero-order valence-electron chi connectivity index (χ0n) is 16.6. The molecule has 1 aliphatic heterocycles. The van der Waals surface area contributed by atoms with Gasteiger partial charge in [0.05, 0.1) is 19.3 Å². The zero-order chi connectivity index (χ0) is 19.4. The first-order valence-electron chi connectivity index (χ1n) is 10.1. The lowest BCUT2D eigenvalue weighted by molar-refractivity contribution is -0.144. The van der Waals surface area contributed by atoms with Crippen molar-refractivity contribution >= 4 is 11.9 Å². The van der Waals surface area contributed by atoms with Gasteiger partial charge in [-0.25, -0.2) is 0 Å². The van der Waals surface area contributed by atoms with Gasteiger partial charge in [0.15, 0.2) is 0 Å². The summed E-state index contributed by atoms with van der Waals surface area (Å²) in [6, 6.07) is 9.27. The predicted molar refractivity (Wildman–Crippen MR) is 103 cm³/mol. The van der Waals surface area contributed by atoms with Crippen LogP contribution >= 0.6 is 0 Å². The molecule has 0 bridgehead atoms. The number of ether oxygens (including phenoxy) is 2. The van der Waals surface area contributed by atoms with Crippen molar-refractivity contribution in [1.82, 2.24) is 4.90 Å². The molecule has 1 aromatic rings. The maximum Gasteiger partial charge on any atom is 0.325 e. The molecule has 27 heavy (non-hydrogen) atoms. The second-order valence-corrected chi connectivity index (χ2v) is 8.10. The standard InChI is InChI=1S/C22H31NO4/c1-4-26-21(24)13-23(22(25)16-8-6-5-7-9-16)19-10-17-12-20(15(2)3)27-14-18(17)11-19/h5-9,15,17-20H,4,10-14H2,1-3H3/t17-,18+,19-,20-/m0/s1. The fourth-order valence-corrected chi connectivity index (χ4v) is 4.46. The molecular weight excluding hydrogens is 342 g/mol. The summed E-state index contributed by atoms with van der Waals surface area (Å²) in [5.74, 6) is 1.11. The smallest absolute Gasteiger partial charge is 0.325 e. The molecule has 1 saturated heterocycles. The molecule has 1 saturated carbocycles. The van der Waals surface area contributed by atoms with Crippen LogP contribution in [0.4, 0.5) is 0 Å². The molecule has 0 unspecified atom stereocenters. The van der Waals surface area contributed by atoms with E-state index in [1.165, 1.54) is 0 Å². The Hall–Kier alpha value is -1.88. The first-order chi connectivity index (χ1) is 13.0. The van der Waals surface area contributed by atoms with Crippen molar-refractivity contribution in [3.05, 3.63) is 35.9 Å². The van der Waals surface area contributed by atoms with Gasteiger partial charge in [-0.2, -0.15) is 0 Å². The molecule has 0 spiro atoms. The molecule has 4 atom stereocenters. The minimum absolute atomic E-state index is 0.0140. The Morgan fingerprint density at radius 2 is 1.85 bits per heavy atom. The van der Waals surface area contributed by atoms with Gasteiger partial charge in [-0.3, -0.25) is 9.59 Å². The number of benzene rings is 1. The summed E-state index contributed by atoms with van der Waals surface area (Å²) < 4.78 is 11.2. The van der Waals surface area contributed by atoms with E-state index in [9.17, 15) is 9.59 Å². The average Bonchev–Trinajstić information content (AvgIpc) is 3.09. The van der Waals surface area contributed by atoms with Gasteiger partial charge in [0.1, 0.15) is 6.54 Å². The Labute approximate surface area is 162 Å². The van der Waals surface area contributed by atoms with Gasteiger partial charge in [0, 0.05) is 11.6 Å². The Bertz CT molecular complexity index is 645. The minimum atomic E-state index is -0.340. The van der Waals surface area contributed by atoms with Crippen LogP contribution in [0.15, 0.2) is 30.3 Å². The summed E-state index contributed by atoms with van der Waals surface area (Å²) in [5, 5.41) is 0. The van der Waals surface area contributed by atoms with Gasteiger partial charge >= 0.3 is 5.97 Å². The third kappa shape index (κ3) is 4.70. The van der Waals surface area contributed by atoms with Crippen molar-refractivity contribution in [2.24, 2.45) is 17.8 Å². The predicted octanol–water partition coefficient (Wildman–Crippen LogP) is 3.53. The molecule has 2 aliphatic rings. The molecule has 148 valence electrons. The number of hydrogen-bond acceptors (Lipinski definition) is 4. The number of fused-ring (bicyclic) bond motifs is 1. The molecule has 1 aromatic carbocycles. The van der Waals surface area contributed by atoms with Crippen LogP contribution in [0.2, 0.25) is 0 Å². The molecule has 5 nitrogen and oxygen atoms in total. The van der Waals surface area contributed by atoms with Crippen LogP contribution in [-0.2, 0) is 14.3 Å².